The van der Waals surface area contributed by atoms with Crippen LogP contribution in [-0.4, -0.2) is 18.6 Å². The van der Waals surface area contributed by atoms with Gasteiger partial charge in [-0.15, -0.1) is 0 Å². The molecule has 0 bridgehead atoms. The van der Waals surface area contributed by atoms with E-state index < -0.39 is 0 Å². The van der Waals surface area contributed by atoms with Gasteiger partial charge >= 0.3 is 0 Å². The van der Waals surface area contributed by atoms with Gasteiger partial charge in [0.05, 0.1) is 24.7 Å². The molecular formula is C13H14N2O2. The van der Waals surface area contributed by atoms with Gasteiger partial charge in [-0.1, -0.05) is 6.07 Å². The summed E-state index contributed by atoms with van der Waals surface area (Å²) >= 11 is 0. The average molecular weight is 230 g/mol. The normalized spacial score (nSPS) is 13.8. The second-order valence-corrected chi connectivity index (χ2v) is 4.08. The molecule has 1 amide bonds. The first-order chi connectivity index (χ1) is 8.28. The van der Waals surface area contributed by atoms with Gasteiger partial charge < -0.3 is 10.1 Å². The summed E-state index contributed by atoms with van der Waals surface area (Å²) in [6, 6.07) is 9.35. The van der Waals surface area contributed by atoms with E-state index in [2.05, 4.69) is 5.32 Å². The fraction of sp³-hybridized carbons (Fsp3) is 0.385. The van der Waals surface area contributed by atoms with Gasteiger partial charge in [0, 0.05) is 6.04 Å². The number of carbonyl (C=O) groups excluding carboxylic acids is 1. The number of amides is 1. The minimum atomic E-state index is 0.0314. The summed E-state index contributed by atoms with van der Waals surface area (Å²) in [4.78, 5) is 11.4. The molecule has 0 aliphatic heterocycles. The van der Waals surface area contributed by atoms with Crippen LogP contribution in [0.1, 0.15) is 24.8 Å². The quantitative estimate of drug-likeness (QED) is 0.835. The van der Waals surface area contributed by atoms with Gasteiger partial charge in [-0.05, 0) is 31.0 Å². The van der Waals surface area contributed by atoms with Crippen LogP contribution in [0.25, 0.3) is 0 Å². The molecule has 0 saturated heterocycles. The van der Waals surface area contributed by atoms with E-state index in [1.807, 2.05) is 6.07 Å². The van der Waals surface area contributed by atoms with Crippen molar-refractivity contribution in [2.45, 2.75) is 25.3 Å². The minimum absolute atomic E-state index is 0.0314. The smallest absolute Gasteiger partial charge is 0.223 e. The van der Waals surface area contributed by atoms with Gasteiger partial charge in [0.2, 0.25) is 5.91 Å². The van der Waals surface area contributed by atoms with Gasteiger partial charge in [-0.3, -0.25) is 4.79 Å². The Morgan fingerprint density at radius 1 is 1.53 bits per heavy atom. The Bertz CT molecular complexity index is 447. The first-order valence-electron chi connectivity index (χ1n) is 5.70. The van der Waals surface area contributed by atoms with Gasteiger partial charge in [-0.2, -0.15) is 5.26 Å². The van der Waals surface area contributed by atoms with Crippen LogP contribution in [0.2, 0.25) is 0 Å². The highest BCUT2D eigenvalue weighted by Crippen LogP contribution is 2.18. The van der Waals surface area contributed by atoms with Gasteiger partial charge in [0.1, 0.15) is 5.75 Å². The number of rotatable bonds is 5. The van der Waals surface area contributed by atoms with E-state index in [4.69, 9.17) is 10.00 Å². The van der Waals surface area contributed by atoms with E-state index in [0.717, 1.165) is 12.8 Å². The average Bonchev–Trinajstić information content (AvgIpc) is 3.13. The highest BCUT2D eigenvalue weighted by Gasteiger charge is 2.22. The summed E-state index contributed by atoms with van der Waals surface area (Å²) in [5.74, 6) is 0.659. The molecule has 88 valence electrons. The minimum Gasteiger partial charge on any atom is -0.493 e. The molecule has 0 spiro atoms. The molecule has 0 unspecified atom stereocenters. The Morgan fingerprint density at radius 3 is 3.06 bits per heavy atom. The van der Waals surface area contributed by atoms with Crippen molar-refractivity contribution >= 4 is 5.91 Å². The van der Waals surface area contributed by atoms with E-state index in [0.29, 0.717) is 30.4 Å². The van der Waals surface area contributed by atoms with Crippen LogP contribution >= 0.6 is 0 Å². The van der Waals surface area contributed by atoms with Crippen LogP contribution in [-0.2, 0) is 4.79 Å². The molecule has 1 aliphatic carbocycles. The Kier molecular flexibility index (Phi) is 3.61. The first-order valence-corrected chi connectivity index (χ1v) is 5.70. The molecule has 1 aliphatic rings. The van der Waals surface area contributed by atoms with E-state index >= 15 is 0 Å². The maximum atomic E-state index is 11.4. The Balaban J connectivity index is 1.73. The van der Waals surface area contributed by atoms with Crippen LogP contribution < -0.4 is 10.1 Å². The molecule has 4 nitrogen and oxygen atoms in total. The maximum absolute atomic E-state index is 11.4. The second kappa shape index (κ2) is 5.35. The Hall–Kier alpha value is -2.02. The zero-order valence-corrected chi connectivity index (χ0v) is 9.48. The largest absolute Gasteiger partial charge is 0.493 e. The molecule has 4 heteroatoms. The SMILES string of the molecule is N#Cc1cccc(OCCC(=O)NC2CC2)c1. The van der Waals surface area contributed by atoms with Crippen molar-refractivity contribution in [3.05, 3.63) is 29.8 Å². The molecule has 1 fully saturated rings. The fourth-order valence-electron chi connectivity index (χ4n) is 1.44. The van der Waals surface area contributed by atoms with Gasteiger partial charge in [0.25, 0.3) is 0 Å². The molecular weight excluding hydrogens is 216 g/mol. The zero-order chi connectivity index (χ0) is 12.1. The maximum Gasteiger partial charge on any atom is 0.223 e. The van der Waals surface area contributed by atoms with E-state index in [-0.39, 0.29) is 5.91 Å². The second-order valence-electron chi connectivity index (χ2n) is 4.08. The number of hydrogen-bond donors (Lipinski definition) is 1. The number of nitrogens with one attached hydrogen (secondary N) is 1. The molecule has 0 atom stereocenters. The third-order valence-corrected chi connectivity index (χ3v) is 2.50. The molecule has 1 aromatic rings. The number of benzene rings is 1. The topological polar surface area (TPSA) is 62.1 Å². The lowest BCUT2D eigenvalue weighted by molar-refractivity contribution is -0.121. The van der Waals surface area contributed by atoms with Crippen LogP contribution in [0.3, 0.4) is 0 Å². The fourth-order valence-corrected chi connectivity index (χ4v) is 1.44. The van der Waals surface area contributed by atoms with E-state index in [1.165, 1.54) is 0 Å². The standard InChI is InChI=1S/C13H14N2O2/c14-9-10-2-1-3-12(8-10)17-7-6-13(16)15-11-4-5-11/h1-3,8,11H,4-7H2,(H,15,16). The zero-order valence-electron chi connectivity index (χ0n) is 9.48. The van der Waals surface area contributed by atoms with Crippen molar-refractivity contribution in [3.8, 4) is 11.8 Å². The van der Waals surface area contributed by atoms with Crippen molar-refractivity contribution in [2.24, 2.45) is 0 Å². The lowest BCUT2D eigenvalue weighted by Crippen LogP contribution is -2.26. The van der Waals surface area contributed by atoms with Crippen molar-refractivity contribution < 1.29 is 9.53 Å². The molecule has 0 aromatic heterocycles. The number of nitriles is 1. The van der Waals surface area contributed by atoms with Crippen LogP contribution in [0, 0.1) is 11.3 Å². The number of nitrogens with zero attached hydrogens (tertiary/aromatic N) is 1. The summed E-state index contributed by atoms with van der Waals surface area (Å²) in [5.41, 5.74) is 0.560. The summed E-state index contributed by atoms with van der Waals surface area (Å²) in [5, 5.41) is 11.6. The monoisotopic (exact) mass is 230 g/mol. The molecule has 2 rings (SSSR count). The third kappa shape index (κ3) is 3.80. The molecule has 17 heavy (non-hydrogen) atoms. The Labute approximate surface area is 100 Å². The summed E-state index contributed by atoms with van der Waals surface area (Å²) in [7, 11) is 0. The van der Waals surface area contributed by atoms with Crippen molar-refractivity contribution in [2.75, 3.05) is 6.61 Å². The van der Waals surface area contributed by atoms with Gasteiger partial charge in [0.15, 0.2) is 0 Å². The van der Waals surface area contributed by atoms with E-state index in [9.17, 15) is 4.79 Å². The highest BCUT2D eigenvalue weighted by molar-refractivity contribution is 5.76. The van der Waals surface area contributed by atoms with Crippen molar-refractivity contribution in [3.63, 3.8) is 0 Å². The lowest BCUT2D eigenvalue weighted by Gasteiger charge is -2.06. The Morgan fingerprint density at radius 2 is 2.35 bits per heavy atom. The van der Waals surface area contributed by atoms with Gasteiger partial charge in [-0.25, -0.2) is 0 Å². The molecule has 1 N–H and O–H groups in total. The van der Waals surface area contributed by atoms with Crippen LogP contribution in [0.5, 0.6) is 5.75 Å². The number of ether oxygens (including phenoxy) is 1. The predicted molar refractivity (Wildman–Crippen MR) is 62.4 cm³/mol. The van der Waals surface area contributed by atoms with E-state index in [1.54, 1.807) is 24.3 Å². The van der Waals surface area contributed by atoms with Crippen molar-refractivity contribution in [1.82, 2.24) is 5.32 Å². The first kappa shape index (κ1) is 11.5. The van der Waals surface area contributed by atoms with Crippen LogP contribution in [0.4, 0.5) is 0 Å². The third-order valence-electron chi connectivity index (χ3n) is 2.50. The van der Waals surface area contributed by atoms with Crippen LogP contribution in [0.15, 0.2) is 24.3 Å². The molecule has 0 radical (unpaired) electrons. The molecule has 0 heterocycles. The summed E-state index contributed by atoms with van der Waals surface area (Å²) in [6.45, 7) is 0.341. The van der Waals surface area contributed by atoms with Crippen molar-refractivity contribution in [1.29, 1.82) is 5.26 Å². The summed E-state index contributed by atoms with van der Waals surface area (Å²) in [6.07, 6.45) is 2.54. The lowest BCUT2D eigenvalue weighted by atomic mass is 10.2. The molecule has 1 aromatic carbocycles. The number of carbonyl (C=O) groups is 1. The molecule has 1 saturated carbocycles. The highest BCUT2D eigenvalue weighted by atomic mass is 16.5. The number of hydrogen-bond acceptors (Lipinski definition) is 3. The predicted octanol–water partition coefficient (Wildman–Crippen LogP) is 1.61. The summed E-state index contributed by atoms with van der Waals surface area (Å²) < 4.78 is 5.41.